The van der Waals surface area contributed by atoms with E-state index < -0.39 is 0 Å². The molecule has 2 saturated carbocycles. The van der Waals surface area contributed by atoms with Crippen molar-refractivity contribution >= 4 is 18.0 Å². The Morgan fingerprint density at radius 2 is 1.88 bits per heavy atom. The van der Waals surface area contributed by atoms with Gasteiger partial charge in [-0.15, -0.1) is 0 Å². The van der Waals surface area contributed by atoms with Gasteiger partial charge >= 0.3 is 0 Å². The second-order valence-electron chi connectivity index (χ2n) is 7.61. The monoisotopic (exact) mass is 352 g/mol. The Bertz CT molecular complexity index is 837. The van der Waals surface area contributed by atoms with Crippen LogP contribution >= 0.6 is 0 Å². The minimum atomic E-state index is -0.240. The molecule has 1 aliphatic heterocycles. The minimum absolute atomic E-state index is 0.0456. The molecule has 5 rings (SSSR count). The van der Waals surface area contributed by atoms with Crippen LogP contribution in [0.4, 0.5) is 0 Å². The van der Waals surface area contributed by atoms with Crippen LogP contribution in [0.15, 0.2) is 35.5 Å². The Balaban J connectivity index is 1.39. The van der Waals surface area contributed by atoms with Crippen LogP contribution in [-0.2, 0) is 9.59 Å². The first-order chi connectivity index (χ1) is 12.6. The van der Waals surface area contributed by atoms with Crippen molar-refractivity contribution in [2.75, 3.05) is 6.61 Å². The number of aromatic hydroxyl groups is 1. The molecule has 3 aliphatic carbocycles. The van der Waals surface area contributed by atoms with Crippen molar-refractivity contribution in [3.05, 3.63) is 35.9 Å². The Morgan fingerprint density at radius 1 is 1.23 bits per heavy atom. The first-order valence-electron chi connectivity index (χ1n) is 9.13. The molecule has 6 heteroatoms. The number of carbonyl (C=O) groups is 2. The molecule has 1 saturated heterocycles. The number of amides is 2. The summed E-state index contributed by atoms with van der Waals surface area (Å²) in [5, 5.41) is 15.0. The van der Waals surface area contributed by atoms with Crippen LogP contribution in [0, 0.1) is 29.1 Å². The fraction of sp³-hybridized carbons (Fsp3) is 0.450. The average Bonchev–Trinajstić information content (AvgIpc) is 3.23. The number of nitrogens with zero attached hydrogens (tertiary/aromatic N) is 2. The summed E-state index contributed by atoms with van der Waals surface area (Å²) in [5.41, 5.74) is 0.850. The summed E-state index contributed by atoms with van der Waals surface area (Å²) in [4.78, 5) is 25.7. The van der Waals surface area contributed by atoms with Crippen LogP contribution in [0.25, 0.3) is 0 Å². The van der Waals surface area contributed by atoms with Crippen molar-refractivity contribution in [1.29, 1.82) is 0 Å². The van der Waals surface area contributed by atoms with Crippen LogP contribution in [0.3, 0.4) is 0 Å². The number of hydrazone groups is 1. The lowest BCUT2D eigenvalue weighted by atomic mass is 9.85. The smallest absolute Gasteiger partial charge is 0.254 e. The molecular formula is C20H20N2O4. The van der Waals surface area contributed by atoms with Crippen LogP contribution in [0.1, 0.15) is 25.3 Å². The van der Waals surface area contributed by atoms with Crippen molar-refractivity contribution in [3.63, 3.8) is 0 Å². The van der Waals surface area contributed by atoms with E-state index in [4.69, 9.17) is 4.74 Å². The lowest BCUT2D eigenvalue weighted by Gasteiger charge is -2.18. The largest absolute Gasteiger partial charge is 0.504 e. The first-order valence-corrected chi connectivity index (χ1v) is 9.13. The Morgan fingerprint density at radius 3 is 2.46 bits per heavy atom. The molecule has 1 spiro atoms. The fourth-order valence-corrected chi connectivity index (χ4v) is 5.18. The number of allylic oxidation sites excluding steroid dienone is 2. The highest BCUT2D eigenvalue weighted by molar-refractivity contribution is 6.07. The van der Waals surface area contributed by atoms with Gasteiger partial charge in [0.05, 0.1) is 24.7 Å². The second-order valence-corrected chi connectivity index (χ2v) is 7.61. The number of hydrogen-bond donors (Lipinski definition) is 1. The van der Waals surface area contributed by atoms with E-state index in [0.29, 0.717) is 17.9 Å². The van der Waals surface area contributed by atoms with Gasteiger partial charge in [-0.3, -0.25) is 9.59 Å². The number of phenols is 1. The van der Waals surface area contributed by atoms with Gasteiger partial charge in [0.2, 0.25) is 0 Å². The molecule has 4 aliphatic rings. The number of benzene rings is 1. The van der Waals surface area contributed by atoms with E-state index in [-0.39, 0.29) is 46.7 Å². The van der Waals surface area contributed by atoms with Gasteiger partial charge in [-0.05, 0) is 60.8 Å². The zero-order valence-corrected chi connectivity index (χ0v) is 14.5. The van der Waals surface area contributed by atoms with Gasteiger partial charge in [-0.25, -0.2) is 0 Å². The number of carbonyl (C=O) groups excluding carboxylic acids is 2. The van der Waals surface area contributed by atoms with Crippen LogP contribution in [0.2, 0.25) is 0 Å². The molecule has 1 aromatic rings. The number of rotatable bonds is 4. The molecule has 0 aromatic heterocycles. The number of imide groups is 1. The first kappa shape index (κ1) is 15.6. The third kappa shape index (κ3) is 1.90. The summed E-state index contributed by atoms with van der Waals surface area (Å²) in [5.74, 6) is -0.0346. The van der Waals surface area contributed by atoms with E-state index >= 15 is 0 Å². The van der Waals surface area contributed by atoms with Gasteiger partial charge < -0.3 is 9.84 Å². The topological polar surface area (TPSA) is 79.2 Å². The minimum Gasteiger partial charge on any atom is -0.504 e. The van der Waals surface area contributed by atoms with Crippen molar-refractivity contribution in [3.8, 4) is 11.5 Å². The maximum absolute atomic E-state index is 12.8. The number of phenolic OH excluding ortho intramolecular Hbond substituents is 1. The van der Waals surface area contributed by atoms with Crippen LogP contribution < -0.4 is 4.74 Å². The van der Waals surface area contributed by atoms with E-state index in [1.807, 2.05) is 6.92 Å². The molecule has 4 unspecified atom stereocenters. The fourth-order valence-electron chi connectivity index (χ4n) is 5.18. The molecule has 1 heterocycles. The molecule has 0 radical (unpaired) electrons. The standard InChI is InChI=1S/C20H20N2O4/c1-2-26-15-9-11(3-6-14(15)23)10-21-22-18(24)16-12-4-5-13(17(16)19(22)25)20(12)7-8-20/h3-6,9-10,12-13,16-17,23H,2,7-8H2,1H3. The van der Waals surface area contributed by atoms with Crippen LogP contribution in [0.5, 0.6) is 11.5 Å². The lowest BCUT2D eigenvalue weighted by molar-refractivity contribution is -0.141. The van der Waals surface area contributed by atoms with Crippen LogP contribution in [-0.4, -0.2) is 34.8 Å². The molecule has 2 amide bonds. The van der Waals surface area contributed by atoms with E-state index in [1.165, 1.54) is 12.3 Å². The van der Waals surface area contributed by atoms with Crippen molar-refractivity contribution < 1.29 is 19.4 Å². The third-order valence-electron chi connectivity index (χ3n) is 6.44. The van der Waals surface area contributed by atoms with Crippen molar-refractivity contribution in [2.45, 2.75) is 19.8 Å². The molecular weight excluding hydrogens is 332 g/mol. The van der Waals surface area contributed by atoms with Gasteiger partial charge in [0, 0.05) is 0 Å². The second kappa shape index (κ2) is 5.19. The van der Waals surface area contributed by atoms with E-state index in [9.17, 15) is 14.7 Å². The predicted octanol–water partition coefficient (Wildman–Crippen LogP) is 2.32. The maximum atomic E-state index is 12.8. The zero-order valence-electron chi connectivity index (χ0n) is 14.5. The Hall–Kier alpha value is -2.63. The Kier molecular flexibility index (Phi) is 3.12. The summed E-state index contributed by atoms with van der Waals surface area (Å²) < 4.78 is 5.35. The summed E-state index contributed by atoms with van der Waals surface area (Å²) >= 11 is 0. The molecule has 3 fully saturated rings. The molecule has 6 nitrogen and oxygen atoms in total. The summed E-state index contributed by atoms with van der Waals surface area (Å²) in [7, 11) is 0. The number of fused-ring (bicyclic) bond motifs is 3. The van der Waals surface area contributed by atoms with Gasteiger partial charge in [-0.1, -0.05) is 12.2 Å². The summed E-state index contributed by atoms with van der Waals surface area (Å²) in [6, 6.07) is 4.81. The number of hydrogen-bond acceptors (Lipinski definition) is 5. The predicted molar refractivity (Wildman–Crippen MR) is 93.5 cm³/mol. The molecule has 4 atom stereocenters. The quantitative estimate of drug-likeness (QED) is 0.512. The SMILES string of the molecule is CCOc1cc(C=NN2C(=O)C3C(C2=O)C2C=CC3C23CC3)ccc1O. The highest BCUT2D eigenvalue weighted by Gasteiger charge is 2.73. The highest BCUT2D eigenvalue weighted by atomic mass is 16.5. The van der Waals surface area contributed by atoms with Gasteiger partial charge in [0.1, 0.15) is 0 Å². The zero-order chi connectivity index (χ0) is 18.1. The normalized spacial score (nSPS) is 32.9. The molecule has 134 valence electrons. The molecule has 1 N–H and O–H groups in total. The van der Waals surface area contributed by atoms with Crippen molar-refractivity contribution in [2.24, 2.45) is 34.2 Å². The molecule has 1 aromatic carbocycles. The number of ether oxygens (including phenoxy) is 1. The summed E-state index contributed by atoms with van der Waals surface area (Å²) in [6.07, 6.45) is 8.01. The third-order valence-corrected chi connectivity index (χ3v) is 6.44. The van der Waals surface area contributed by atoms with E-state index in [1.54, 1.807) is 12.1 Å². The average molecular weight is 352 g/mol. The lowest BCUT2D eigenvalue weighted by Crippen LogP contribution is -2.30. The molecule has 26 heavy (non-hydrogen) atoms. The van der Waals surface area contributed by atoms with Gasteiger partial charge in [-0.2, -0.15) is 10.1 Å². The van der Waals surface area contributed by atoms with Gasteiger partial charge in [0.15, 0.2) is 11.5 Å². The highest BCUT2D eigenvalue weighted by Crippen LogP contribution is 2.73. The molecule has 2 bridgehead atoms. The van der Waals surface area contributed by atoms with E-state index in [2.05, 4.69) is 17.3 Å². The van der Waals surface area contributed by atoms with E-state index in [0.717, 1.165) is 17.9 Å². The van der Waals surface area contributed by atoms with Crippen molar-refractivity contribution in [1.82, 2.24) is 5.01 Å². The summed E-state index contributed by atoms with van der Waals surface area (Å²) in [6.45, 7) is 2.26. The maximum Gasteiger partial charge on any atom is 0.254 e. The Labute approximate surface area is 151 Å². The van der Waals surface area contributed by atoms with Gasteiger partial charge in [0.25, 0.3) is 11.8 Å².